The number of benzene rings is 2. The van der Waals surface area contributed by atoms with Crippen molar-refractivity contribution in [2.24, 2.45) is 11.8 Å². The van der Waals surface area contributed by atoms with Crippen LogP contribution in [0.2, 0.25) is 0 Å². The van der Waals surface area contributed by atoms with E-state index in [4.69, 9.17) is 23.8 Å². The van der Waals surface area contributed by atoms with Crippen LogP contribution in [0.3, 0.4) is 0 Å². The van der Waals surface area contributed by atoms with Gasteiger partial charge < -0.3 is 29.4 Å². The Labute approximate surface area is 235 Å². The maximum absolute atomic E-state index is 13.5. The standard InChI is InChI=1S/C28H38N2O9S/c1-19(2)17-38-30(40(33,34)22-11-9-21(35-3)10-12-22)16-25(31)24(15-20-7-5-4-6-8-20)29-28(32)39-26-18-37-27-23(26)13-14-36-27/h4-12,19,23-27,31H,13-18H2,1-3H3,(H,29,32)/t23?,24?,25-,26?,27-/m0/s1. The van der Waals surface area contributed by atoms with Crippen LogP contribution in [0.1, 0.15) is 25.8 Å². The number of hydrogen-bond acceptors (Lipinski definition) is 9. The van der Waals surface area contributed by atoms with E-state index in [1.165, 1.54) is 31.4 Å². The zero-order valence-corrected chi connectivity index (χ0v) is 23.8. The molecule has 2 aliphatic heterocycles. The number of carbonyl (C=O) groups is 1. The number of aliphatic hydroxyl groups is 1. The third-order valence-electron chi connectivity index (χ3n) is 6.82. The molecule has 5 atom stereocenters. The van der Waals surface area contributed by atoms with Gasteiger partial charge in [0.2, 0.25) is 0 Å². The van der Waals surface area contributed by atoms with E-state index in [1.54, 1.807) is 0 Å². The van der Waals surface area contributed by atoms with E-state index in [0.717, 1.165) is 16.5 Å². The second-order valence-corrected chi connectivity index (χ2v) is 12.2. The van der Waals surface area contributed by atoms with Crippen molar-refractivity contribution in [2.45, 2.75) is 56.1 Å². The summed E-state index contributed by atoms with van der Waals surface area (Å²) in [6.07, 6.45) is -1.95. The molecule has 40 heavy (non-hydrogen) atoms. The first-order valence-corrected chi connectivity index (χ1v) is 14.8. The SMILES string of the molecule is COc1ccc(S(=O)(=O)N(C[C@H](O)C(Cc2ccccc2)NC(=O)OC2CO[C@@H]3OCCC23)OCC(C)C)cc1. The van der Waals surface area contributed by atoms with Gasteiger partial charge in [-0.05, 0) is 48.6 Å². The molecule has 2 aromatic carbocycles. The lowest BCUT2D eigenvalue weighted by atomic mass is 10.0. The third kappa shape index (κ3) is 7.71. The summed E-state index contributed by atoms with van der Waals surface area (Å²) in [5.41, 5.74) is 0.841. The van der Waals surface area contributed by atoms with Crippen LogP contribution < -0.4 is 10.1 Å². The molecule has 220 valence electrons. The van der Waals surface area contributed by atoms with E-state index in [9.17, 15) is 18.3 Å². The number of nitrogens with one attached hydrogen (secondary N) is 1. The van der Waals surface area contributed by atoms with Crippen molar-refractivity contribution in [1.29, 1.82) is 0 Å². The molecule has 4 rings (SSSR count). The molecule has 2 fully saturated rings. The van der Waals surface area contributed by atoms with Crippen molar-refractivity contribution in [3.63, 3.8) is 0 Å². The average molecular weight is 579 g/mol. The van der Waals surface area contributed by atoms with Gasteiger partial charge >= 0.3 is 6.09 Å². The second kappa shape index (κ2) is 13.7. The first-order chi connectivity index (χ1) is 19.2. The van der Waals surface area contributed by atoms with Gasteiger partial charge in [0.25, 0.3) is 10.0 Å². The van der Waals surface area contributed by atoms with Crippen LogP contribution in [0.5, 0.6) is 5.75 Å². The van der Waals surface area contributed by atoms with Gasteiger partial charge in [0.1, 0.15) is 11.9 Å². The highest BCUT2D eigenvalue weighted by Gasteiger charge is 2.44. The minimum atomic E-state index is -4.16. The lowest BCUT2D eigenvalue weighted by molar-refractivity contribution is -0.115. The predicted octanol–water partition coefficient (Wildman–Crippen LogP) is 2.73. The third-order valence-corrected chi connectivity index (χ3v) is 8.48. The Balaban J connectivity index is 1.51. The van der Waals surface area contributed by atoms with Crippen molar-refractivity contribution in [3.8, 4) is 5.75 Å². The number of hydroxylamine groups is 1. The molecule has 0 aliphatic carbocycles. The largest absolute Gasteiger partial charge is 0.497 e. The summed E-state index contributed by atoms with van der Waals surface area (Å²) in [5.74, 6) is 0.483. The molecule has 1 amide bonds. The minimum absolute atomic E-state index is 0.0224. The highest BCUT2D eigenvalue weighted by Crippen LogP contribution is 2.33. The summed E-state index contributed by atoms with van der Waals surface area (Å²) < 4.78 is 49.7. The van der Waals surface area contributed by atoms with Crippen molar-refractivity contribution >= 4 is 16.1 Å². The molecular weight excluding hydrogens is 540 g/mol. The lowest BCUT2D eigenvalue weighted by Crippen LogP contribution is -2.51. The highest BCUT2D eigenvalue weighted by atomic mass is 32.2. The fraction of sp³-hybridized carbons (Fsp3) is 0.536. The molecule has 0 spiro atoms. The molecule has 2 aromatic rings. The van der Waals surface area contributed by atoms with Gasteiger partial charge in [0.05, 0.1) is 56.4 Å². The van der Waals surface area contributed by atoms with Crippen LogP contribution in [0, 0.1) is 11.8 Å². The number of aliphatic hydroxyl groups excluding tert-OH is 1. The minimum Gasteiger partial charge on any atom is -0.497 e. The molecule has 2 heterocycles. The second-order valence-electron chi connectivity index (χ2n) is 10.3. The highest BCUT2D eigenvalue weighted by molar-refractivity contribution is 7.89. The number of rotatable bonds is 13. The van der Waals surface area contributed by atoms with Gasteiger partial charge in [-0.3, -0.25) is 4.84 Å². The zero-order valence-electron chi connectivity index (χ0n) is 23.0. The Morgan fingerprint density at radius 2 is 1.85 bits per heavy atom. The van der Waals surface area contributed by atoms with Crippen molar-refractivity contribution in [3.05, 3.63) is 60.2 Å². The van der Waals surface area contributed by atoms with E-state index < -0.39 is 40.9 Å². The molecule has 0 saturated carbocycles. The maximum Gasteiger partial charge on any atom is 0.407 e. The van der Waals surface area contributed by atoms with Crippen LogP contribution in [0.25, 0.3) is 0 Å². The van der Waals surface area contributed by atoms with Crippen molar-refractivity contribution in [2.75, 3.05) is 33.5 Å². The van der Waals surface area contributed by atoms with Gasteiger partial charge in [-0.25, -0.2) is 13.2 Å². The summed E-state index contributed by atoms with van der Waals surface area (Å²) in [4.78, 5) is 18.6. The lowest BCUT2D eigenvalue weighted by Gasteiger charge is -2.30. The van der Waals surface area contributed by atoms with Gasteiger partial charge in [-0.15, -0.1) is 0 Å². The number of fused-ring (bicyclic) bond motifs is 1. The van der Waals surface area contributed by atoms with Gasteiger partial charge in [0.15, 0.2) is 6.29 Å². The quantitative estimate of drug-likeness (QED) is 0.344. The molecule has 0 radical (unpaired) electrons. The van der Waals surface area contributed by atoms with Crippen molar-refractivity contribution in [1.82, 2.24) is 9.79 Å². The smallest absolute Gasteiger partial charge is 0.407 e. The number of methoxy groups -OCH3 is 1. The Morgan fingerprint density at radius 1 is 1.12 bits per heavy atom. The summed E-state index contributed by atoms with van der Waals surface area (Å²) in [7, 11) is -2.67. The maximum atomic E-state index is 13.5. The number of hydrogen-bond donors (Lipinski definition) is 2. The van der Waals surface area contributed by atoms with E-state index >= 15 is 0 Å². The summed E-state index contributed by atoms with van der Waals surface area (Å²) in [6.45, 7) is 4.22. The number of carbonyl (C=O) groups excluding carboxylic acids is 1. The first kappa shape index (κ1) is 30.2. The van der Waals surface area contributed by atoms with E-state index in [2.05, 4.69) is 5.32 Å². The first-order valence-electron chi connectivity index (χ1n) is 13.4. The van der Waals surface area contributed by atoms with Crippen molar-refractivity contribution < 1.29 is 42.1 Å². The van der Waals surface area contributed by atoms with E-state index in [0.29, 0.717) is 12.4 Å². The molecule has 0 aromatic heterocycles. The number of alkyl carbamates (subject to hydrolysis) is 1. The monoisotopic (exact) mass is 578 g/mol. The fourth-order valence-electron chi connectivity index (χ4n) is 4.62. The van der Waals surface area contributed by atoms with Crippen LogP contribution in [-0.4, -0.2) is 82.1 Å². The summed E-state index contributed by atoms with van der Waals surface area (Å²) in [6, 6.07) is 14.3. The molecule has 12 heteroatoms. The number of nitrogens with zero attached hydrogens (tertiary/aromatic N) is 1. The Kier molecular flexibility index (Phi) is 10.4. The molecule has 11 nitrogen and oxygen atoms in total. The molecule has 0 bridgehead atoms. The molecule has 2 N–H and O–H groups in total. The van der Waals surface area contributed by atoms with Crippen LogP contribution >= 0.6 is 0 Å². The van der Waals surface area contributed by atoms with E-state index in [-0.39, 0.29) is 42.7 Å². The van der Waals surface area contributed by atoms with Crippen LogP contribution in [0.4, 0.5) is 4.79 Å². The Bertz CT molecular complexity index is 1190. The summed E-state index contributed by atoms with van der Waals surface area (Å²) in [5, 5.41) is 14.1. The topological polar surface area (TPSA) is 133 Å². The van der Waals surface area contributed by atoms with Gasteiger partial charge in [0, 0.05) is 0 Å². The molecular formula is C28H38N2O9S. The Hall–Kier alpha value is -2.74. The Morgan fingerprint density at radius 3 is 2.52 bits per heavy atom. The molecule has 2 saturated heterocycles. The average Bonchev–Trinajstić information content (AvgIpc) is 3.56. The van der Waals surface area contributed by atoms with Gasteiger partial charge in [-0.2, -0.15) is 0 Å². The van der Waals surface area contributed by atoms with Gasteiger partial charge in [-0.1, -0.05) is 48.6 Å². The molecule has 3 unspecified atom stereocenters. The van der Waals surface area contributed by atoms with Crippen LogP contribution in [-0.2, 0) is 35.5 Å². The molecule has 2 aliphatic rings. The number of ether oxygens (including phenoxy) is 4. The van der Waals surface area contributed by atoms with E-state index in [1.807, 2.05) is 44.2 Å². The number of amides is 1. The number of sulfonamides is 1. The fourth-order valence-corrected chi connectivity index (χ4v) is 5.88. The van der Waals surface area contributed by atoms with Crippen LogP contribution in [0.15, 0.2) is 59.5 Å². The normalized spacial score (nSPS) is 22.2. The summed E-state index contributed by atoms with van der Waals surface area (Å²) >= 11 is 0. The zero-order chi connectivity index (χ0) is 28.7. The predicted molar refractivity (Wildman–Crippen MR) is 145 cm³/mol.